The summed E-state index contributed by atoms with van der Waals surface area (Å²) in [4.78, 5) is 18.1. The zero-order valence-electron chi connectivity index (χ0n) is 15.5. The van der Waals surface area contributed by atoms with Crippen LogP contribution in [0.1, 0.15) is 12.8 Å². The normalized spacial score (nSPS) is 17.7. The molecule has 1 unspecified atom stereocenters. The van der Waals surface area contributed by atoms with E-state index in [1.807, 2.05) is 11.4 Å². The third-order valence-corrected chi connectivity index (χ3v) is 8.66. The molecule has 6 nitrogen and oxygen atoms in total. The van der Waals surface area contributed by atoms with E-state index >= 15 is 0 Å². The second-order valence-corrected chi connectivity index (χ2v) is 11.3. The molecule has 1 fully saturated rings. The third kappa shape index (κ3) is 4.57. The highest BCUT2D eigenvalue weighted by atomic mass is 35.5. The molecule has 1 aromatic carbocycles. The fourth-order valence-electron chi connectivity index (χ4n) is 3.23. The molecule has 0 radical (unpaired) electrons. The molecule has 1 aliphatic heterocycles. The summed E-state index contributed by atoms with van der Waals surface area (Å²) in [5.41, 5.74) is 0.733. The van der Waals surface area contributed by atoms with Gasteiger partial charge < -0.3 is 5.32 Å². The number of amides is 1. The van der Waals surface area contributed by atoms with Crippen molar-refractivity contribution in [1.29, 1.82) is 0 Å². The first-order valence-corrected chi connectivity index (χ1v) is 12.6. The highest BCUT2D eigenvalue weighted by Gasteiger charge is 2.33. The summed E-state index contributed by atoms with van der Waals surface area (Å²) in [5.74, 6) is -1.26. The highest BCUT2D eigenvalue weighted by molar-refractivity contribution is 7.89. The number of thiophene rings is 1. The Kier molecular flexibility index (Phi) is 6.21. The van der Waals surface area contributed by atoms with Crippen molar-refractivity contribution in [2.24, 2.45) is 5.92 Å². The van der Waals surface area contributed by atoms with Crippen LogP contribution in [-0.4, -0.2) is 36.7 Å². The van der Waals surface area contributed by atoms with Gasteiger partial charge in [-0.1, -0.05) is 11.6 Å². The Labute approximate surface area is 186 Å². The van der Waals surface area contributed by atoms with E-state index in [1.54, 1.807) is 6.07 Å². The molecule has 158 valence electrons. The van der Waals surface area contributed by atoms with Gasteiger partial charge in [-0.3, -0.25) is 4.79 Å². The van der Waals surface area contributed by atoms with Crippen LogP contribution in [0.2, 0.25) is 4.34 Å². The number of anilines is 1. The van der Waals surface area contributed by atoms with Gasteiger partial charge in [0.05, 0.1) is 25.7 Å². The number of hydrogen-bond acceptors (Lipinski definition) is 6. The summed E-state index contributed by atoms with van der Waals surface area (Å²) in [6.45, 7) is 0.397. The number of nitrogens with zero attached hydrogens (tertiary/aromatic N) is 2. The van der Waals surface area contributed by atoms with Crippen molar-refractivity contribution in [3.05, 3.63) is 51.9 Å². The zero-order chi connectivity index (χ0) is 21.3. The maximum Gasteiger partial charge on any atom is 0.243 e. The van der Waals surface area contributed by atoms with Gasteiger partial charge in [0.2, 0.25) is 15.9 Å². The molecule has 3 heterocycles. The first kappa shape index (κ1) is 21.4. The standard InChI is InChI=1S/C19H17ClFN3O3S3/c20-17-8-7-16(29-17)15-11-28-19(22-15)23-18(25)12-2-1-9-24(10-12)30(26,27)14-5-3-13(21)4-6-14/h3-8,11-12H,1-2,9-10H2,(H,22,23,25). The second kappa shape index (κ2) is 8.72. The van der Waals surface area contributed by atoms with Gasteiger partial charge in [0.25, 0.3) is 0 Å². The Morgan fingerprint density at radius 1 is 1.23 bits per heavy atom. The Morgan fingerprint density at radius 3 is 2.70 bits per heavy atom. The average Bonchev–Trinajstić information content (AvgIpc) is 3.37. The average molecular weight is 486 g/mol. The molecule has 2 aromatic heterocycles. The number of carbonyl (C=O) groups excluding carboxylic acids is 1. The van der Waals surface area contributed by atoms with Crippen LogP contribution >= 0.6 is 34.3 Å². The molecule has 11 heteroatoms. The van der Waals surface area contributed by atoms with Gasteiger partial charge in [0.15, 0.2) is 5.13 Å². The molecular weight excluding hydrogens is 469 g/mol. The van der Waals surface area contributed by atoms with Crippen LogP contribution in [-0.2, 0) is 14.8 Å². The number of piperidine rings is 1. The maximum atomic E-state index is 13.1. The fraction of sp³-hybridized carbons (Fsp3) is 0.263. The van der Waals surface area contributed by atoms with Crippen molar-refractivity contribution < 1.29 is 17.6 Å². The SMILES string of the molecule is O=C(Nc1nc(-c2ccc(Cl)s2)cs1)C1CCCN(S(=O)(=O)c2ccc(F)cc2)C1. The predicted octanol–water partition coefficient (Wildman–Crippen LogP) is 4.70. The van der Waals surface area contributed by atoms with Gasteiger partial charge in [-0.15, -0.1) is 22.7 Å². The molecule has 1 aliphatic rings. The monoisotopic (exact) mass is 485 g/mol. The minimum absolute atomic E-state index is 0.0177. The van der Waals surface area contributed by atoms with Crippen LogP contribution in [0.15, 0.2) is 46.7 Å². The summed E-state index contributed by atoms with van der Waals surface area (Å²) in [7, 11) is -3.79. The quantitative estimate of drug-likeness (QED) is 0.568. The van der Waals surface area contributed by atoms with Crippen LogP contribution < -0.4 is 5.32 Å². The van der Waals surface area contributed by atoms with E-state index in [4.69, 9.17) is 11.6 Å². The fourth-order valence-corrected chi connectivity index (χ4v) is 6.55. The number of hydrogen-bond donors (Lipinski definition) is 1. The molecule has 0 saturated carbocycles. The van der Waals surface area contributed by atoms with Crippen molar-refractivity contribution in [2.45, 2.75) is 17.7 Å². The number of rotatable bonds is 5. The summed E-state index contributed by atoms with van der Waals surface area (Å²) < 4.78 is 40.8. The molecule has 0 bridgehead atoms. The lowest BCUT2D eigenvalue weighted by molar-refractivity contribution is -0.120. The van der Waals surface area contributed by atoms with E-state index in [9.17, 15) is 17.6 Å². The van der Waals surface area contributed by atoms with Crippen LogP contribution in [0.5, 0.6) is 0 Å². The van der Waals surface area contributed by atoms with Crippen LogP contribution in [0, 0.1) is 11.7 Å². The van der Waals surface area contributed by atoms with Crippen LogP contribution in [0.4, 0.5) is 9.52 Å². The molecule has 30 heavy (non-hydrogen) atoms. The molecular formula is C19H17ClFN3O3S3. The number of carbonyl (C=O) groups is 1. The lowest BCUT2D eigenvalue weighted by atomic mass is 9.99. The Bertz CT molecular complexity index is 1160. The van der Waals surface area contributed by atoms with E-state index in [-0.39, 0.29) is 17.3 Å². The van der Waals surface area contributed by atoms with E-state index in [0.29, 0.717) is 28.9 Å². The van der Waals surface area contributed by atoms with Gasteiger partial charge in [-0.25, -0.2) is 17.8 Å². The predicted molar refractivity (Wildman–Crippen MR) is 117 cm³/mol. The molecule has 0 spiro atoms. The largest absolute Gasteiger partial charge is 0.302 e. The van der Waals surface area contributed by atoms with Crippen LogP contribution in [0.25, 0.3) is 10.6 Å². The third-order valence-electron chi connectivity index (χ3n) is 4.77. The van der Waals surface area contributed by atoms with Gasteiger partial charge in [0, 0.05) is 18.5 Å². The Balaban J connectivity index is 1.44. The van der Waals surface area contributed by atoms with Gasteiger partial charge in [0.1, 0.15) is 5.82 Å². The molecule has 4 rings (SSSR count). The number of sulfonamides is 1. The van der Waals surface area contributed by atoms with E-state index in [1.165, 1.54) is 39.1 Å². The minimum atomic E-state index is -3.79. The summed E-state index contributed by atoms with van der Waals surface area (Å²) >= 11 is 8.66. The number of halogens is 2. The van der Waals surface area contributed by atoms with E-state index in [2.05, 4.69) is 10.3 Å². The van der Waals surface area contributed by atoms with E-state index < -0.39 is 21.8 Å². The molecule has 1 N–H and O–H groups in total. The maximum absolute atomic E-state index is 13.1. The number of aromatic nitrogens is 1. The molecule has 1 amide bonds. The topological polar surface area (TPSA) is 79.4 Å². The highest BCUT2D eigenvalue weighted by Crippen LogP contribution is 2.33. The smallest absolute Gasteiger partial charge is 0.243 e. The van der Waals surface area contributed by atoms with Crippen molar-refractivity contribution in [3.63, 3.8) is 0 Å². The van der Waals surface area contributed by atoms with Crippen molar-refractivity contribution in [3.8, 4) is 10.6 Å². The van der Waals surface area contributed by atoms with Gasteiger partial charge in [-0.05, 0) is 49.2 Å². The molecule has 1 atom stereocenters. The summed E-state index contributed by atoms with van der Waals surface area (Å²) in [5, 5.41) is 5.09. The summed E-state index contributed by atoms with van der Waals surface area (Å²) in [6.07, 6.45) is 1.15. The van der Waals surface area contributed by atoms with Crippen molar-refractivity contribution >= 4 is 55.3 Å². The van der Waals surface area contributed by atoms with Gasteiger partial charge in [-0.2, -0.15) is 4.31 Å². The zero-order valence-corrected chi connectivity index (χ0v) is 18.8. The number of thiazole rings is 1. The second-order valence-electron chi connectivity index (χ2n) is 6.79. The first-order valence-electron chi connectivity index (χ1n) is 9.11. The Morgan fingerprint density at radius 2 is 2.00 bits per heavy atom. The molecule has 0 aliphatic carbocycles. The lowest BCUT2D eigenvalue weighted by Gasteiger charge is -2.31. The number of nitrogens with one attached hydrogen (secondary N) is 1. The summed E-state index contributed by atoms with van der Waals surface area (Å²) in [6, 6.07) is 8.36. The molecule has 1 saturated heterocycles. The van der Waals surface area contributed by atoms with Crippen LogP contribution in [0.3, 0.4) is 0 Å². The van der Waals surface area contributed by atoms with Crippen molar-refractivity contribution in [2.75, 3.05) is 18.4 Å². The molecule has 3 aromatic rings. The number of benzene rings is 1. The lowest BCUT2D eigenvalue weighted by Crippen LogP contribution is -2.43. The van der Waals surface area contributed by atoms with E-state index in [0.717, 1.165) is 22.7 Å². The van der Waals surface area contributed by atoms with Gasteiger partial charge >= 0.3 is 0 Å². The minimum Gasteiger partial charge on any atom is -0.302 e. The Hall–Kier alpha value is -1.85. The first-order chi connectivity index (χ1) is 14.3. The van der Waals surface area contributed by atoms with Crippen molar-refractivity contribution in [1.82, 2.24) is 9.29 Å².